The van der Waals surface area contributed by atoms with Crippen LogP contribution >= 0.6 is 11.3 Å². The molecule has 0 saturated carbocycles. The highest BCUT2D eigenvalue weighted by molar-refractivity contribution is 7.91. The lowest BCUT2D eigenvalue weighted by atomic mass is 10.0. The third-order valence-electron chi connectivity index (χ3n) is 6.48. The van der Waals surface area contributed by atoms with Crippen molar-refractivity contribution in [1.82, 2.24) is 4.90 Å². The number of nitrogens with zero attached hydrogens (tertiary/aromatic N) is 1. The highest BCUT2D eigenvalue weighted by Crippen LogP contribution is 2.40. The van der Waals surface area contributed by atoms with E-state index in [0.717, 1.165) is 29.7 Å². The van der Waals surface area contributed by atoms with Crippen LogP contribution in [-0.2, 0) is 16.1 Å². The Kier molecular flexibility index (Phi) is 9.19. The predicted molar refractivity (Wildman–Crippen MR) is 150 cm³/mol. The van der Waals surface area contributed by atoms with Crippen molar-refractivity contribution in [2.24, 2.45) is 0 Å². The van der Waals surface area contributed by atoms with Crippen molar-refractivity contribution >= 4 is 42.5 Å². The summed E-state index contributed by atoms with van der Waals surface area (Å²) in [5, 5.41) is 6.12. The van der Waals surface area contributed by atoms with Crippen molar-refractivity contribution in [3.8, 4) is 17.6 Å². The maximum atomic E-state index is 14.7. The maximum absolute atomic E-state index is 14.7. The Morgan fingerprint density at radius 2 is 1.90 bits per heavy atom. The van der Waals surface area contributed by atoms with Crippen LogP contribution in [0.5, 0.6) is 5.75 Å². The lowest BCUT2D eigenvalue weighted by molar-refractivity contribution is -0.274. The minimum Gasteiger partial charge on any atom is -0.404 e. The Labute approximate surface area is 242 Å². The second-order valence-electron chi connectivity index (χ2n) is 9.91. The van der Waals surface area contributed by atoms with E-state index in [-0.39, 0.29) is 34.1 Å². The van der Waals surface area contributed by atoms with Crippen molar-refractivity contribution in [3.05, 3.63) is 46.8 Å². The summed E-state index contributed by atoms with van der Waals surface area (Å²) in [6, 6.07) is 7.52. The van der Waals surface area contributed by atoms with Gasteiger partial charge in [0, 0.05) is 19.3 Å². The molecule has 3 aromatic rings. The predicted octanol–water partition coefficient (Wildman–Crippen LogP) is 6.86. The van der Waals surface area contributed by atoms with Crippen molar-refractivity contribution in [2.45, 2.75) is 42.5 Å². The smallest absolute Gasteiger partial charge is 0.404 e. The van der Waals surface area contributed by atoms with Crippen LogP contribution in [0.1, 0.15) is 16.9 Å². The molecule has 3 N–H and O–H groups in total. The first-order valence-corrected chi connectivity index (χ1v) is 15.3. The van der Waals surface area contributed by atoms with Crippen molar-refractivity contribution in [1.29, 1.82) is 4.78 Å². The fourth-order valence-electron chi connectivity index (χ4n) is 4.54. The zero-order valence-electron chi connectivity index (χ0n) is 22.4. The number of nitrogens with one attached hydrogen (secondary N) is 3. The summed E-state index contributed by atoms with van der Waals surface area (Å²) in [6.07, 6.45) is -10.4. The Hall–Kier alpha value is -3.22. The van der Waals surface area contributed by atoms with E-state index in [4.69, 9.17) is 4.78 Å². The van der Waals surface area contributed by atoms with Gasteiger partial charge in [-0.25, -0.2) is 13.4 Å². The number of anilines is 2. The summed E-state index contributed by atoms with van der Waals surface area (Å²) in [7, 11) is -1.52. The number of piperidine rings is 1. The zero-order chi connectivity index (χ0) is 30.9. The number of halogens is 7. The van der Waals surface area contributed by atoms with Crippen LogP contribution < -0.4 is 15.4 Å². The molecule has 6 nitrogen and oxygen atoms in total. The minimum atomic E-state index is -5.07. The fraction of sp³-hybridized carbons (Fsp3) is 0.407. The molecule has 228 valence electrons. The van der Waals surface area contributed by atoms with Crippen LogP contribution in [0.2, 0.25) is 0 Å². The summed E-state index contributed by atoms with van der Waals surface area (Å²) in [5.41, 5.74) is 0.295. The molecule has 0 bridgehead atoms. The second-order valence-corrected chi connectivity index (χ2v) is 13.1. The van der Waals surface area contributed by atoms with Crippen LogP contribution in [0.15, 0.2) is 41.3 Å². The molecule has 42 heavy (non-hydrogen) atoms. The molecule has 3 atom stereocenters. The Morgan fingerprint density at radius 3 is 2.55 bits per heavy atom. The zero-order valence-corrected chi connectivity index (χ0v) is 24.0. The van der Waals surface area contributed by atoms with Crippen molar-refractivity contribution in [2.75, 3.05) is 43.6 Å². The third kappa shape index (κ3) is 8.20. The molecule has 2 unspecified atom stereocenters. The number of thiophene rings is 1. The van der Waals surface area contributed by atoms with Gasteiger partial charge in [-0.2, -0.15) is 13.2 Å². The summed E-state index contributed by atoms with van der Waals surface area (Å²) in [5.74, 6) is 4.63. The number of fused-ring (bicyclic) bond motifs is 1. The highest BCUT2D eigenvalue weighted by Gasteiger charge is 2.33. The lowest BCUT2D eigenvalue weighted by Crippen LogP contribution is -2.46. The van der Waals surface area contributed by atoms with Gasteiger partial charge in [0.1, 0.15) is 6.17 Å². The third-order valence-corrected chi connectivity index (χ3v) is 8.83. The first-order valence-electron chi connectivity index (χ1n) is 12.6. The molecule has 1 aliphatic rings. The van der Waals surface area contributed by atoms with Crippen LogP contribution in [-0.4, -0.2) is 66.8 Å². The largest absolute Gasteiger partial charge is 0.573 e. The number of hydrogen-bond donors (Lipinski definition) is 3. The van der Waals surface area contributed by atoms with E-state index in [1.807, 2.05) is 11.9 Å². The van der Waals surface area contributed by atoms with Gasteiger partial charge in [0.05, 0.1) is 54.6 Å². The van der Waals surface area contributed by atoms with Gasteiger partial charge in [0.2, 0.25) is 0 Å². The first kappa shape index (κ1) is 31.7. The number of hydrogen-bond acceptors (Lipinski definition) is 7. The second kappa shape index (κ2) is 12.2. The molecule has 2 heterocycles. The minimum absolute atomic E-state index is 0.0441. The van der Waals surface area contributed by atoms with Gasteiger partial charge in [-0.05, 0) is 48.7 Å². The van der Waals surface area contributed by atoms with E-state index in [9.17, 15) is 34.9 Å². The monoisotopic (exact) mass is 636 g/mol. The van der Waals surface area contributed by atoms with E-state index < -0.39 is 46.7 Å². The number of alkyl halides is 7. The molecular weight excluding hydrogens is 609 g/mol. The standard InChI is InChI=1S/C27H27F7N4O2S2/c1-38-12-10-20(19(28)15-38)37-22-6-3-5-17-18(14-26(29,30)31)24(41-25(17)22)7-4-11-36-21-9-8-16(42(2,35)39)13-23(21)40-27(32,33)34/h3,5-6,8-9,13,19-20,35-37H,10-12,14-15H2,1-2H3/t19?,20-,42?/m1/s1. The van der Waals surface area contributed by atoms with Gasteiger partial charge in [-0.1, -0.05) is 24.0 Å². The van der Waals surface area contributed by atoms with Crippen LogP contribution in [0.3, 0.4) is 0 Å². The number of ether oxygens (including phenoxy) is 1. The Morgan fingerprint density at radius 1 is 1.17 bits per heavy atom. The molecule has 0 amide bonds. The van der Waals surface area contributed by atoms with Crippen molar-refractivity contribution < 1.29 is 39.7 Å². The van der Waals surface area contributed by atoms with Crippen LogP contribution in [0.4, 0.5) is 42.1 Å². The van der Waals surface area contributed by atoms with Gasteiger partial charge in [0.15, 0.2) is 5.75 Å². The lowest BCUT2D eigenvalue weighted by Gasteiger charge is -2.33. The molecule has 4 rings (SSSR count). The Balaban J connectivity index is 1.62. The summed E-state index contributed by atoms with van der Waals surface area (Å²) < 4.78 is 118. The molecule has 0 aliphatic carbocycles. The molecular formula is C27H27F7N4O2S2. The number of benzene rings is 2. The normalized spacial score (nSPS) is 19.5. The summed E-state index contributed by atoms with van der Waals surface area (Å²) in [4.78, 5) is 1.81. The first-order chi connectivity index (χ1) is 19.5. The Bertz CT molecular complexity index is 1610. The summed E-state index contributed by atoms with van der Waals surface area (Å²) >= 11 is 1.02. The fourth-order valence-corrected chi connectivity index (χ4v) is 6.37. The van der Waals surface area contributed by atoms with E-state index >= 15 is 0 Å². The molecule has 1 fully saturated rings. The quantitative estimate of drug-likeness (QED) is 0.195. The van der Waals surface area contributed by atoms with Crippen LogP contribution in [0, 0.1) is 16.6 Å². The van der Waals surface area contributed by atoms with Gasteiger partial charge in [-0.3, -0.25) is 0 Å². The van der Waals surface area contributed by atoms with Gasteiger partial charge in [0.25, 0.3) is 0 Å². The molecule has 1 aliphatic heterocycles. The summed E-state index contributed by atoms with van der Waals surface area (Å²) in [6.45, 7) is 0.639. The number of likely N-dealkylation sites (tertiary alicyclic amines) is 1. The number of rotatable bonds is 7. The molecule has 2 aromatic carbocycles. The van der Waals surface area contributed by atoms with Crippen molar-refractivity contribution in [3.63, 3.8) is 0 Å². The topological polar surface area (TPSA) is 77.5 Å². The molecule has 0 spiro atoms. The molecule has 15 heteroatoms. The molecule has 1 saturated heterocycles. The van der Waals surface area contributed by atoms with Crippen LogP contribution in [0.25, 0.3) is 10.1 Å². The van der Waals surface area contributed by atoms with Gasteiger partial charge >= 0.3 is 12.5 Å². The van der Waals surface area contributed by atoms with E-state index in [1.54, 1.807) is 18.2 Å². The van der Waals surface area contributed by atoms with Gasteiger partial charge in [-0.15, -0.1) is 24.5 Å². The van der Waals surface area contributed by atoms with E-state index in [2.05, 4.69) is 27.2 Å². The van der Waals surface area contributed by atoms with E-state index in [0.29, 0.717) is 28.7 Å². The average molecular weight is 637 g/mol. The van der Waals surface area contributed by atoms with E-state index in [1.165, 1.54) is 6.07 Å². The average Bonchev–Trinajstić information content (AvgIpc) is 3.19. The highest BCUT2D eigenvalue weighted by atomic mass is 32.2. The molecule has 0 radical (unpaired) electrons. The molecule has 1 aromatic heterocycles. The SMILES string of the molecule is CN1CC[C@@H](Nc2cccc3c(CC(F)(F)F)c(C#CCNc4ccc(S(C)(=N)=O)cc4OC(F)(F)F)sc23)C(F)C1. The van der Waals surface area contributed by atoms with Gasteiger partial charge < -0.3 is 20.3 Å². The maximum Gasteiger partial charge on any atom is 0.573 e.